The van der Waals surface area contributed by atoms with Gasteiger partial charge in [-0.2, -0.15) is 0 Å². The third-order valence-electron chi connectivity index (χ3n) is 7.92. The highest BCUT2D eigenvalue weighted by molar-refractivity contribution is 7.90. The van der Waals surface area contributed by atoms with Gasteiger partial charge in [0, 0.05) is 65.3 Å². The summed E-state index contributed by atoms with van der Waals surface area (Å²) in [7, 11) is -4.09. The van der Waals surface area contributed by atoms with Gasteiger partial charge in [-0.15, -0.1) is 0 Å². The number of halogens is 1. The number of ether oxygens (including phenoxy) is 1. The molecule has 1 amide bonds. The molecule has 3 aromatic heterocycles. The first-order valence-corrected chi connectivity index (χ1v) is 16.4. The molecule has 46 heavy (non-hydrogen) atoms. The number of amides is 1. The van der Waals surface area contributed by atoms with Gasteiger partial charge in [0.15, 0.2) is 11.9 Å². The molecule has 2 aromatic carbocycles. The number of hydrogen-bond donors (Lipinski definition) is 1. The average molecular weight is 644 g/mol. The Hall–Kier alpha value is -4.84. The zero-order valence-corrected chi connectivity index (χ0v) is 26.8. The second-order valence-corrected chi connectivity index (χ2v) is 14.3. The minimum atomic E-state index is -4.09. The average Bonchev–Trinajstić information content (AvgIpc) is 3.40. The summed E-state index contributed by atoms with van der Waals surface area (Å²) in [6.07, 6.45) is 5.96. The molecule has 1 fully saturated rings. The Morgan fingerprint density at radius 3 is 2.57 bits per heavy atom. The minimum absolute atomic E-state index is 0.0682. The van der Waals surface area contributed by atoms with Gasteiger partial charge in [0.25, 0.3) is 10.0 Å². The van der Waals surface area contributed by atoms with Crippen LogP contribution < -0.4 is 10.2 Å². The molecule has 1 aliphatic rings. The van der Waals surface area contributed by atoms with E-state index in [-0.39, 0.29) is 27.7 Å². The third-order valence-corrected chi connectivity index (χ3v) is 9.58. The van der Waals surface area contributed by atoms with Gasteiger partial charge in [-0.1, -0.05) is 17.7 Å². The van der Waals surface area contributed by atoms with Crippen molar-refractivity contribution in [3.05, 3.63) is 84.1 Å². The molecule has 1 aliphatic heterocycles. The lowest BCUT2D eigenvalue weighted by Gasteiger charge is -2.35. The van der Waals surface area contributed by atoms with Crippen molar-refractivity contribution in [3.8, 4) is 11.1 Å². The maximum absolute atomic E-state index is 15.8. The summed E-state index contributed by atoms with van der Waals surface area (Å²) in [5.41, 5.74) is 2.31. The number of anilines is 1. The van der Waals surface area contributed by atoms with Crippen LogP contribution in [0.5, 0.6) is 0 Å². The van der Waals surface area contributed by atoms with Crippen molar-refractivity contribution in [2.24, 2.45) is 0 Å². The number of aromatic nitrogens is 3. The Bertz CT molecular complexity index is 2090. The molecule has 12 heteroatoms. The molecule has 0 unspecified atom stereocenters. The highest BCUT2D eigenvalue weighted by Gasteiger charge is 2.27. The quantitative estimate of drug-likeness (QED) is 0.216. The normalized spacial score (nSPS) is 15.7. The number of carbonyl (C=O) groups is 2. The van der Waals surface area contributed by atoms with Crippen LogP contribution in [0.4, 0.5) is 14.9 Å². The summed E-state index contributed by atoms with van der Waals surface area (Å²) < 4.78 is 49.9. The van der Waals surface area contributed by atoms with Crippen LogP contribution in [0.2, 0.25) is 0 Å². The van der Waals surface area contributed by atoms with Crippen molar-refractivity contribution in [3.63, 3.8) is 0 Å². The van der Waals surface area contributed by atoms with Crippen molar-refractivity contribution in [1.82, 2.24) is 19.3 Å². The molecular weight excluding hydrogens is 609 g/mol. The van der Waals surface area contributed by atoms with Crippen molar-refractivity contribution in [1.29, 1.82) is 0 Å². The van der Waals surface area contributed by atoms with Gasteiger partial charge in [0.2, 0.25) is 0 Å². The van der Waals surface area contributed by atoms with Gasteiger partial charge < -0.3 is 15.0 Å². The number of nitrogens with one attached hydrogen (secondary N) is 1. The zero-order valence-electron chi connectivity index (χ0n) is 26.0. The summed E-state index contributed by atoms with van der Waals surface area (Å²) in [4.78, 5) is 35.0. The Labute approximate surface area is 266 Å². The second-order valence-electron chi connectivity index (χ2n) is 12.5. The Morgan fingerprint density at radius 1 is 1.09 bits per heavy atom. The number of pyridine rings is 2. The third kappa shape index (κ3) is 6.04. The first-order chi connectivity index (χ1) is 21.8. The van der Waals surface area contributed by atoms with E-state index in [1.165, 1.54) is 30.6 Å². The fourth-order valence-electron chi connectivity index (χ4n) is 5.81. The number of alkyl carbamates (subject to hydrolysis) is 1. The van der Waals surface area contributed by atoms with E-state index in [9.17, 15) is 18.0 Å². The van der Waals surface area contributed by atoms with E-state index in [1.807, 2.05) is 6.92 Å². The summed E-state index contributed by atoms with van der Waals surface area (Å²) in [6, 6.07) is 12.7. The monoisotopic (exact) mass is 643 g/mol. The van der Waals surface area contributed by atoms with Crippen LogP contribution in [0.25, 0.3) is 33.1 Å². The standard InChI is InChI=1S/C34H34FN5O5S/c1-21-7-9-25(10-8-21)46(43,44)40-19-28(26-14-22(20-41)17-37-32(26)40)23-15-27-30(11-12-36-31(27)29(35)16-23)39-13-5-6-24(18-39)38-33(42)45-34(2,3)4/h7-12,14-17,19-20,24H,5-6,13,18H2,1-4H3,(H,38,42)/t24-/m1/s1. The first kappa shape index (κ1) is 31.2. The van der Waals surface area contributed by atoms with Crippen LogP contribution in [0.3, 0.4) is 0 Å². The number of hydrogen-bond acceptors (Lipinski definition) is 8. The molecule has 0 radical (unpaired) electrons. The van der Waals surface area contributed by atoms with E-state index in [0.29, 0.717) is 41.3 Å². The maximum Gasteiger partial charge on any atom is 0.407 e. The highest BCUT2D eigenvalue weighted by atomic mass is 32.2. The highest BCUT2D eigenvalue weighted by Crippen LogP contribution is 2.37. The SMILES string of the molecule is Cc1ccc(S(=O)(=O)n2cc(-c3cc(F)c4nccc(N5CCC[C@@H](NC(=O)OC(C)(C)C)C5)c4c3)c3cc(C=O)cnc32)cc1. The van der Waals surface area contributed by atoms with Crippen molar-refractivity contribution in [2.45, 2.75) is 57.1 Å². The molecule has 238 valence electrons. The number of nitrogens with zero attached hydrogens (tertiary/aromatic N) is 4. The molecule has 1 saturated heterocycles. The largest absolute Gasteiger partial charge is 0.444 e. The van der Waals surface area contributed by atoms with Gasteiger partial charge in [0.05, 0.1) is 4.90 Å². The molecule has 4 heterocycles. The van der Waals surface area contributed by atoms with E-state index in [1.54, 1.807) is 57.3 Å². The lowest BCUT2D eigenvalue weighted by Crippen LogP contribution is -2.49. The Balaban J connectivity index is 1.45. The molecule has 10 nitrogen and oxygen atoms in total. The van der Waals surface area contributed by atoms with Gasteiger partial charge >= 0.3 is 6.09 Å². The summed E-state index contributed by atoms with van der Waals surface area (Å²) in [5.74, 6) is -0.586. The van der Waals surface area contributed by atoms with Crippen LogP contribution in [0.1, 0.15) is 49.5 Å². The lowest BCUT2D eigenvalue weighted by atomic mass is 10.00. The fraction of sp³-hybridized carbons (Fsp3) is 0.294. The van der Waals surface area contributed by atoms with Gasteiger partial charge in [-0.25, -0.2) is 26.6 Å². The van der Waals surface area contributed by atoms with E-state index in [4.69, 9.17) is 4.74 Å². The molecule has 0 aliphatic carbocycles. The smallest absolute Gasteiger partial charge is 0.407 e. The number of carbonyl (C=O) groups excluding carboxylic acids is 2. The van der Waals surface area contributed by atoms with Crippen LogP contribution >= 0.6 is 0 Å². The number of fused-ring (bicyclic) bond motifs is 2. The predicted octanol–water partition coefficient (Wildman–Crippen LogP) is 6.24. The van der Waals surface area contributed by atoms with Crippen molar-refractivity contribution < 1.29 is 27.1 Å². The van der Waals surface area contributed by atoms with E-state index >= 15 is 4.39 Å². The van der Waals surface area contributed by atoms with Crippen LogP contribution in [0.15, 0.2) is 72.0 Å². The lowest BCUT2D eigenvalue weighted by molar-refractivity contribution is 0.0500. The number of aryl methyl sites for hydroxylation is 1. The molecule has 5 aromatic rings. The molecule has 6 rings (SSSR count). The Kier molecular flexibility index (Phi) is 8.01. The van der Waals surface area contributed by atoms with Crippen LogP contribution in [-0.2, 0) is 14.8 Å². The number of rotatable bonds is 6. The number of benzene rings is 2. The van der Waals surface area contributed by atoms with Crippen LogP contribution in [-0.4, -0.2) is 59.5 Å². The first-order valence-electron chi connectivity index (χ1n) is 15.0. The van der Waals surface area contributed by atoms with Gasteiger partial charge in [0.1, 0.15) is 16.9 Å². The van der Waals surface area contributed by atoms with E-state index < -0.39 is 27.5 Å². The van der Waals surface area contributed by atoms with Gasteiger partial charge in [-0.05, 0) is 82.5 Å². The number of aldehydes is 1. The molecule has 1 atom stereocenters. The topological polar surface area (TPSA) is 123 Å². The Morgan fingerprint density at radius 2 is 1.85 bits per heavy atom. The maximum atomic E-state index is 15.8. The van der Waals surface area contributed by atoms with Crippen LogP contribution in [0, 0.1) is 12.7 Å². The zero-order chi connectivity index (χ0) is 32.8. The summed E-state index contributed by atoms with van der Waals surface area (Å²) in [5, 5.41) is 3.85. The number of piperidine rings is 1. The van der Waals surface area contributed by atoms with E-state index in [2.05, 4.69) is 20.2 Å². The predicted molar refractivity (Wildman–Crippen MR) is 174 cm³/mol. The molecule has 1 N–H and O–H groups in total. The second kappa shape index (κ2) is 11.8. The molecule has 0 saturated carbocycles. The fourth-order valence-corrected chi connectivity index (χ4v) is 7.14. The van der Waals surface area contributed by atoms with Crippen molar-refractivity contribution in [2.75, 3.05) is 18.0 Å². The molecule has 0 spiro atoms. The molecule has 0 bridgehead atoms. The van der Waals surface area contributed by atoms with Crippen molar-refractivity contribution >= 4 is 50.0 Å². The summed E-state index contributed by atoms with van der Waals surface area (Å²) >= 11 is 0. The molecular formula is C34H34FN5O5S. The van der Waals surface area contributed by atoms with E-state index in [0.717, 1.165) is 28.1 Å². The minimum Gasteiger partial charge on any atom is -0.444 e. The summed E-state index contributed by atoms with van der Waals surface area (Å²) in [6.45, 7) is 8.44. The van der Waals surface area contributed by atoms with Gasteiger partial charge in [-0.3, -0.25) is 9.78 Å².